The van der Waals surface area contributed by atoms with Gasteiger partial charge >= 0.3 is 0 Å². The summed E-state index contributed by atoms with van der Waals surface area (Å²) in [6.07, 6.45) is 2.82. The first-order chi connectivity index (χ1) is 15.3. The molecule has 0 saturated carbocycles. The Morgan fingerprint density at radius 2 is 1.66 bits per heavy atom. The average Bonchev–Trinajstić information content (AvgIpc) is 3.01. The minimum atomic E-state index is -0.692. The van der Waals surface area contributed by atoms with E-state index in [1.54, 1.807) is 24.3 Å². The maximum absolute atomic E-state index is 13.4. The van der Waals surface area contributed by atoms with E-state index in [1.807, 2.05) is 13.0 Å². The highest BCUT2D eigenvalue weighted by molar-refractivity contribution is 6.34. The van der Waals surface area contributed by atoms with E-state index in [2.05, 4.69) is 0 Å². The Bertz CT molecular complexity index is 1140. The third-order valence-corrected chi connectivity index (χ3v) is 6.42. The maximum atomic E-state index is 13.4. The average molecular weight is 471 g/mol. The van der Waals surface area contributed by atoms with Gasteiger partial charge in [0.2, 0.25) is 0 Å². The molecule has 3 amide bonds. The standard InChI is InChI=1S/C24H20Cl2N2O4/c1-14-6-11-17-19(12-14)24(32)28(23(17)31)27(22(30)18-4-2-3-5-20(18)26)13-21(29)15-7-9-16(25)10-8-15/h2-10,17,19H,11-13H2,1H3/t17-,19-/m0/s1. The van der Waals surface area contributed by atoms with Crippen LogP contribution in [0.25, 0.3) is 0 Å². The molecule has 8 heteroatoms. The first-order valence-electron chi connectivity index (χ1n) is 10.2. The molecule has 1 aliphatic carbocycles. The SMILES string of the molecule is CC1=CC[C@@H]2C(=O)N(N(CC(=O)c3ccc(Cl)cc3)C(=O)c3ccccc3Cl)C(=O)[C@H]2C1. The number of Topliss-reactive ketones (excluding diaryl/α,β-unsaturated/α-hetero) is 1. The summed E-state index contributed by atoms with van der Waals surface area (Å²) in [6, 6.07) is 12.5. The second kappa shape index (κ2) is 8.88. The van der Waals surface area contributed by atoms with Crippen LogP contribution in [0.15, 0.2) is 60.2 Å². The van der Waals surface area contributed by atoms with E-state index in [0.717, 1.165) is 15.6 Å². The lowest BCUT2D eigenvalue weighted by molar-refractivity contribution is -0.154. The Morgan fingerprint density at radius 1 is 1.00 bits per heavy atom. The van der Waals surface area contributed by atoms with Crippen LogP contribution in [0.1, 0.15) is 40.5 Å². The zero-order valence-electron chi connectivity index (χ0n) is 17.3. The molecule has 2 aliphatic rings. The van der Waals surface area contributed by atoms with Gasteiger partial charge in [-0.25, -0.2) is 5.01 Å². The fraction of sp³-hybridized carbons (Fsp3) is 0.250. The van der Waals surface area contributed by atoms with E-state index in [1.165, 1.54) is 24.3 Å². The number of carbonyl (C=O) groups is 4. The molecule has 0 N–H and O–H groups in total. The van der Waals surface area contributed by atoms with Gasteiger partial charge in [-0.05, 0) is 56.2 Å². The number of allylic oxidation sites excluding steroid dienone is 2. The minimum Gasteiger partial charge on any atom is -0.292 e. The monoisotopic (exact) mass is 470 g/mol. The number of imide groups is 1. The molecule has 0 aromatic heterocycles. The molecule has 0 unspecified atom stereocenters. The molecule has 32 heavy (non-hydrogen) atoms. The van der Waals surface area contributed by atoms with Gasteiger partial charge in [0, 0.05) is 10.6 Å². The highest BCUT2D eigenvalue weighted by Gasteiger charge is 2.51. The molecule has 6 nitrogen and oxygen atoms in total. The lowest BCUT2D eigenvalue weighted by atomic mass is 9.82. The lowest BCUT2D eigenvalue weighted by Crippen LogP contribution is -2.52. The van der Waals surface area contributed by atoms with Crippen molar-refractivity contribution in [1.82, 2.24) is 10.0 Å². The van der Waals surface area contributed by atoms with Gasteiger partial charge in [0.05, 0.1) is 22.4 Å². The van der Waals surface area contributed by atoms with Crippen LogP contribution < -0.4 is 0 Å². The van der Waals surface area contributed by atoms with Crippen LogP contribution >= 0.6 is 23.2 Å². The van der Waals surface area contributed by atoms with Crippen LogP contribution in [0.2, 0.25) is 10.0 Å². The predicted octanol–water partition coefficient (Wildman–Crippen LogP) is 4.57. The largest absolute Gasteiger partial charge is 0.292 e. The molecule has 4 rings (SSSR count). The molecule has 2 aromatic rings. The summed E-state index contributed by atoms with van der Waals surface area (Å²) >= 11 is 12.1. The van der Waals surface area contributed by atoms with Gasteiger partial charge in [-0.15, -0.1) is 0 Å². The predicted molar refractivity (Wildman–Crippen MR) is 120 cm³/mol. The number of hydrazine groups is 1. The number of carbonyl (C=O) groups excluding carboxylic acids is 4. The van der Waals surface area contributed by atoms with Crippen molar-refractivity contribution in [1.29, 1.82) is 0 Å². The third kappa shape index (κ3) is 4.08. The highest BCUT2D eigenvalue weighted by atomic mass is 35.5. The number of fused-ring (bicyclic) bond motifs is 1. The molecule has 0 bridgehead atoms. The lowest BCUT2D eigenvalue weighted by Gasteiger charge is -2.30. The highest BCUT2D eigenvalue weighted by Crippen LogP contribution is 2.38. The number of ketones is 1. The summed E-state index contributed by atoms with van der Waals surface area (Å²) in [4.78, 5) is 52.9. The van der Waals surface area contributed by atoms with Crippen LogP contribution in [0.5, 0.6) is 0 Å². The van der Waals surface area contributed by atoms with E-state index in [-0.39, 0.29) is 10.6 Å². The van der Waals surface area contributed by atoms with Crippen molar-refractivity contribution in [2.45, 2.75) is 19.8 Å². The van der Waals surface area contributed by atoms with E-state index in [4.69, 9.17) is 23.2 Å². The minimum absolute atomic E-state index is 0.0999. The second-order valence-corrected chi connectivity index (χ2v) is 8.81. The summed E-state index contributed by atoms with van der Waals surface area (Å²) < 4.78 is 0. The Kier molecular flexibility index (Phi) is 6.17. The van der Waals surface area contributed by atoms with Crippen LogP contribution in [-0.2, 0) is 9.59 Å². The number of nitrogens with zero attached hydrogens (tertiary/aromatic N) is 2. The van der Waals surface area contributed by atoms with E-state index < -0.39 is 41.9 Å². The molecular formula is C24H20Cl2N2O4. The number of amides is 3. The first-order valence-corrected chi connectivity index (χ1v) is 10.9. The Morgan fingerprint density at radius 3 is 2.34 bits per heavy atom. The fourth-order valence-electron chi connectivity index (χ4n) is 4.13. The van der Waals surface area contributed by atoms with Crippen LogP contribution in [-0.4, -0.2) is 40.1 Å². The summed E-state index contributed by atoms with van der Waals surface area (Å²) in [5, 5.41) is 2.40. The summed E-state index contributed by atoms with van der Waals surface area (Å²) in [7, 11) is 0. The Hall–Kier alpha value is -2.96. The van der Waals surface area contributed by atoms with Crippen LogP contribution in [0.4, 0.5) is 0 Å². The number of hydrogen-bond donors (Lipinski definition) is 0. The van der Waals surface area contributed by atoms with Crippen molar-refractivity contribution in [3.8, 4) is 0 Å². The van der Waals surface area contributed by atoms with E-state index >= 15 is 0 Å². The van der Waals surface area contributed by atoms with Crippen LogP contribution in [0.3, 0.4) is 0 Å². The van der Waals surface area contributed by atoms with Gasteiger partial charge in [0.15, 0.2) is 5.78 Å². The number of benzene rings is 2. The van der Waals surface area contributed by atoms with Gasteiger partial charge in [-0.2, -0.15) is 5.01 Å². The molecule has 164 valence electrons. The van der Waals surface area contributed by atoms with E-state index in [9.17, 15) is 19.2 Å². The van der Waals surface area contributed by atoms with Crippen molar-refractivity contribution >= 4 is 46.7 Å². The topological polar surface area (TPSA) is 74.8 Å². The van der Waals surface area contributed by atoms with Gasteiger partial charge in [0.1, 0.15) is 6.54 Å². The van der Waals surface area contributed by atoms with Gasteiger partial charge < -0.3 is 0 Å². The number of rotatable bonds is 5. The molecule has 1 heterocycles. The molecule has 2 atom stereocenters. The molecule has 0 radical (unpaired) electrons. The van der Waals surface area contributed by atoms with E-state index in [0.29, 0.717) is 23.4 Å². The summed E-state index contributed by atoms with van der Waals surface area (Å²) in [5.74, 6) is -3.17. The summed E-state index contributed by atoms with van der Waals surface area (Å²) in [5.41, 5.74) is 1.43. The molecule has 1 fully saturated rings. The third-order valence-electron chi connectivity index (χ3n) is 5.84. The first kappa shape index (κ1) is 22.2. The summed E-state index contributed by atoms with van der Waals surface area (Å²) in [6.45, 7) is 1.42. The Labute approximate surface area is 195 Å². The van der Waals surface area contributed by atoms with Crippen molar-refractivity contribution in [2.24, 2.45) is 11.8 Å². The maximum Gasteiger partial charge on any atom is 0.274 e. The zero-order valence-corrected chi connectivity index (χ0v) is 18.8. The molecule has 1 saturated heterocycles. The molecule has 0 spiro atoms. The van der Waals surface area contributed by atoms with Crippen molar-refractivity contribution in [3.63, 3.8) is 0 Å². The molecule has 1 aliphatic heterocycles. The van der Waals surface area contributed by atoms with Crippen LogP contribution in [0, 0.1) is 11.8 Å². The molecule has 2 aromatic carbocycles. The smallest absolute Gasteiger partial charge is 0.274 e. The number of hydrogen-bond acceptors (Lipinski definition) is 4. The Balaban J connectivity index is 1.71. The van der Waals surface area contributed by atoms with Crippen molar-refractivity contribution in [2.75, 3.05) is 6.54 Å². The molecular weight excluding hydrogens is 451 g/mol. The van der Waals surface area contributed by atoms with Crippen molar-refractivity contribution in [3.05, 3.63) is 81.4 Å². The quantitative estimate of drug-likeness (QED) is 0.364. The van der Waals surface area contributed by atoms with Gasteiger partial charge in [-0.1, -0.05) is 47.0 Å². The van der Waals surface area contributed by atoms with Crippen molar-refractivity contribution < 1.29 is 19.2 Å². The number of halogens is 2. The normalized spacial score (nSPS) is 20.1. The second-order valence-electron chi connectivity index (χ2n) is 7.96. The zero-order chi connectivity index (χ0) is 23.0. The fourth-order valence-corrected chi connectivity index (χ4v) is 4.47. The van der Waals surface area contributed by atoms with Gasteiger partial charge in [0.25, 0.3) is 17.7 Å². The van der Waals surface area contributed by atoms with Gasteiger partial charge in [-0.3, -0.25) is 19.2 Å².